The van der Waals surface area contributed by atoms with Crippen LogP contribution >= 0.6 is 0 Å². The number of rotatable bonds is 8. The van der Waals surface area contributed by atoms with E-state index in [1.165, 1.54) is 12.1 Å². The minimum Gasteiger partial charge on any atom is -0.370 e. The van der Waals surface area contributed by atoms with Crippen LogP contribution in [0.15, 0.2) is 29.2 Å². The molecule has 0 aliphatic carbocycles. The number of nitrogens with two attached hydrogens (primary N) is 1. The maximum absolute atomic E-state index is 12.0. The lowest BCUT2D eigenvalue weighted by Gasteiger charge is -2.06. The maximum Gasteiger partial charge on any atom is 0.217 e. The van der Waals surface area contributed by atoms with Crippen molar-refractivity contribution in [2.45, 2.75) is 17.7 Å². The molecular weight excluding hydrogens is 278 g/mol. The predicted octanol–water partition coefficient (Wildman–Crippen LogP) is 0.187. The zero-order valence-electron chi connectivity index (χ0n) is 11.0. The number of amides is 1. The second-order valence-electron chi connectivity index (χ2n) is 4.28. The summed E-state index contributed by atoms with van der Waals surface area (Å²) in [7, 11) is -3.40. The molecule has 1 aromatic carbocycles. The molecule has 0 heterocycles. The summed E-state index contributed by atoms with van der Waals surface area (Å²) in [5.74, 6) is -0.425. The van der Waals surface area contributed by atoms with Crippen LogP contribution in [0.3, 0.4) is 0 Å². The third kappa shape index (κ3) is 5.38. The number of carbonyl (C=O) groups is 1. The van der Waals surface area contributed by atoms with Crippen LogP contribution in [0, 0.1) is 11.3 Å². The van der Waals surface area contributed by atoms with E-state index in [2.05, 4.69) is 5.32 Å². The topological polar surface area (TPSA) is 113 Å². The molecular formula is C13H17N3O3S. The minimum absolute atomic E-state index is 0.0571. The van der Waals surface area contributed by atoms with Gasteiger partial charge in [-0.15, -0.1) is 0 Å². The van der Waals surface area contributed by atoms with E-state index in [-0.39, 0.29) is 29.5 Å². The number of sulfone groups is 1. The van der Waals surface area contributed by atoms with E-state index >= 15 is 0 Å². The molecule has 0 aliphatic heterocycles. The number of primary amides is 1. The van der Waals surface area contributed by atoms with Gasteiger partial charge in [0.05, 0.1) is 22.3 Å². The molecule has 20 heavy (non-hydrogen) atoms. The second kappa shape index (κ2) is 7.62. The molecule has 1 amide bonds. The van der Waals surface area contributed by atoms with Gasteiger partial charge in [0.15, 0.2) is 9.84 Å². The highest BCUT2D eigenvalue weighted by molar-refractivity contribution is 7.91. The zero-order valence-corrected chi connectivity index (χ0v) is 11.8. The first kappa shape index (κ1) is 16.1. The SMILES string of the molecule is N#Cc1cccc(S(=O)(=O)CCNCCCC(N)=O)c1. The van der Waals surface area contributed by atoms with E-state index in [4.69, 9.17) is 11.0 Å². The van der Waals surface area contributed by atoms with Crippen LogP contribution < -0.4 is 11.1 Å². The van der Waals surface area contributed by atoms with E-state index in [1.54, 1.807) is 12.1 Å². The van der Waals surface area contributed by atoms with Crippen molar-refractivity contribution in [3.05, 3.63) is 29.8 Å². The summed E-state index contributed by atoms with van der Waals surface area (Å²) in [4.78, 5) is 10.7. The van der Waals surface area contributed by atoms with Gasteiger partial charge in [-0.3, -0.25) is 4.79 Å². The fraction of sp³-hybridized carbons (Fsp3) is 0.385. The van der Waals surface area contributed by atoms with E-state index < -0.39 is 9.84 Å². The Bertz CT molecular complexity index is 606. The Morgan fingerprint density at radius 3 is 2.75 bits per heavy atom. The van der Waals surface area contributed by atoms with Crippen molar-refractivity contribution in [3.63, 3.8) is 0 Å². The summed E-state index contributed by atoms with van der Waals surface area (Å²) in [6.45, 7) is 0.828. The van der Waals surface area contributed by atoms with Gasteiger partial charge in [0, 0.05) is 13.0 Å². The van der Waals surface area contributed by atoms with Crippen LogP contribution in [-0.4, -0.2) is 33.2 Å². The molecule has 0 aromatic heterocycles. The van der Waals surface area contributed by atoms with Gasteiger partial charge in [-0.05, 0) is 31.2 Å². The summed E-state index contributed by atoms with van der Waals surface area (Å²) in [5.41, 5.74) is 5.31. The van der Waals surface area contributed by atoms with Gasteiger partial charge in [-0.1, -0.05) is 6.07 Å². The summed E-state index contributed by atoms with van der Waals surface area (Å²) < 4.78 is 24.0. The monoisotopic (exact) mass is 295 g/mol. The molecule has 7 heteroatoms. The molecule has 1 aromatic rings. The predicted molar refractivity (Wildman–Crippen MR) is 74.5 cm³/mol. The van der Waals surface area contributed by atoms with Crippen molar-refractivity contribution in [2.75, 3.05) is 18.8 Å². The van der Waals surface area contributed by atoms with Gasteiger partial charge in [-0.2, -0.15) is 5.26 Å². The van der Waals surface area contributed by atoms with Crippen molar-refractivity contribution < 1.29 is 13.2 Å². The second-order valence-corrected chi connectivity index (χ2v) is 6.39. The molecule has 108 valence electrons. The Morgan fingerprint density at radius 1 is 1.35 bits per heavy atom. The fourth-order valence-corrected chi connectivity index (χ4v) is 2.84. The first-order chi connectivity index (χ1) is 9.45. The number of nitriles is 1. The first-order valence-electron chi connectivity index (χ1n) is 6.17. The van der Waals surface area contributed by atoms with Gasteiger partial charge in [0.1, 0.15) is 0 Å². The average molecular weight is 295 g/mol. The summed E-state index contributed by atoms with van der Waals surface area (Å²) in [6, 6.07) is 7.85. The molecule has 0 aliphatic rings. The molecule has 0 radical (unpaired) electrons. The van der Waals surface area contributed by atoms with Gasteiger partial charge >= 0.3 is 0 Å². The Hall–Kier alpha value is -1.91. The normalized spacial score (nSPS) is 10.9. The van der Waals surface area contributed by atoms with Crippen LogP contribution in [0.4, 0.5) is 0 Å². The minimum atomic E-state index is -3.40. The first-order valence-corrected chi connectivity index (χ1v) is 7.83. The van der Waals surface area contributed by atoms with Gasteiger partial charge in [0.25, 0.3) is 0 Å². The lowest BCUT2D eigenvalue weighted by Crippen LogP contribution is -2.25. The van der Waals surface area contributed by atoms with Crippen molar-refractivity contribution in [3.8, 4) is 6.07 Å². The number of nitrogens with one attached hydrogen (secondary N) is 1. The summed E-state index contributed by atoms with van der Waals surface area (Å²) in [6.07, 6.45) is 0.864. The third-order valence-electron chi connectivity index (χ3n) is 2.65. The van der Waals surface area contributed by atoms with Crippen molar-refractivity contribution in [1.82, 2.24) is 5.32 Å². The molecule has 6 nitrogen and oxygen atoms in total. The van der Waals surface area contributed by atoms with Crippen LogP contribution in [-0.2, 0) is 14.6 Å². The summed E-state index contributed by atoms with van der Waals surface area (Å²) >= 11 is 0. The zero-order chi connectivity index (χ0) is 15.0. The molecule has 0 atom stereocenters. The van der Waals surface area contributed by atoms with Crippen LogP contribution in [0.25, 0.3) is 0 Å². The van der Waals surface area contributed by atoms with E-state index in [0.717, 1.165) is 0 Å². The van der Waals surface area contributed by atoms with E-state index in [0.29, 0.717) is 18.5 Å². The Kier molecular flexibility index (Phi) is 6.15. The highest BCUT2D eigenvalue weighted by Gasteiger charge is 2.14. The number of benzene rings is 1. The molecule has 0 unspecified atom stereocenters. The largest absolute Gasteiger partial charge is 0.370 e. The quantitative estimate of drug-likeness (QED) is 0.664. The maximum atomic E-state index is 12.0. The van der Waals surface area contributed by atoms with Crippen LogP contribution in [0.2, 0.25) is 0 Å². The van der Waals surface area contributed by atoms with Gasteiger partial charge in [-0.25, -0.2) is 8.42 Å². The number of hydrogen-bond acceptors (Lipinski definition) is 5. The Labute approximate surface area is 118 Å². The standard InChI is InChI=1S/C13H17N3O3S/c14-10-11-3-1-4-12(9-11)20(18,19)8-7-16-6-2-5-13(15)17/h1,3-4,9,16H,2,5-8H2,(H2,15,17). The molecule has 0 saturated heterocycles. The average Bonchev–Trinajstić information content (AvgIpc) is 2.42. The molecule has 1 rings (SSSR count). The third-order valence-corrected chi connectivity index (χ3v) is 4.36. The van der Waals surface area contributed by atoms with Crippen molar-refractivity contribution >= 4 is 15.7 Å². The van der Waals surface area contributed by atoms with Crippen molar-refractivity contribution in [2.24, 2.45) is 5.73 Å². The van der Waals surface area contributed by atoms with Crippen LogP contribution in [0.1, 0.15) is 18.4 Å². The lowest BCUT2D eigenvalue weighted by atomic mass is 10.2. The number of nitrogens with zero attached hydrogens (tertiary/aromatic N) is 1. The van der Waals surface area contributed by atoms with E-state index in [9.17, 15) is 13.2 Å². The molecule has 3 N–H and O–H groups in total. The Morgan fingerprint density at radius 2 is 2.10 bits per heavy atom. The fourth-order valence-electron chi connectivity index (χ4n) is 1.60. The molecule has 0 bridgehead atoms. The van der Waals surface area contributed by atoms with Crippen LogP contribution in [0.5, 0.6) is 0 Å². The Balaban J connectivity index is 2.46. The summed E-state index contributed by atoms with van der Waals surface area (Å²) in [5, 5.41) is 11.7. The number of hydrogen-bond donors (Lipinski definition) is 2. The highest BCUT2D eigenvalue weighted by atomic mass is 32.2. The van der Waals surface area contributed by atoms with Crippen molar-refractivity contribution in [1.29, 1.82) is 5.26 Å². The smallest absolute Gasteiger partial charge is 0.217 e. The molecule has 0 spiro atoms. The molecule has 0 fully saturated rings. The van der Waals surface area contributed by atoms with Gasteiger partial charge < -0.3 is 11.1 Å². The van der Waals surface area contributed by atoms with Gasteiger partial charge in [0.2, 0.25) is 5.91 Å². The molecule has 0 saturated carbocycles. The highest BCUT2D eigenvalue weighted by Crippen LogP contribution is 2.12. The lowest BCUT2D eigenvalue weighted by molar-refractivity contribution is -0.118. The van der Waals surface area contributed by atoms with E-state index in [1.807, 2.05) is 6.07 Å². The number of carbonyl (C=O) groups excluding carboxylic acids is 1.